The van der Waals surface area contributed by atoms with Gasteiger partial charge < -0.3 is 19.6 Å². The summed E-state index contributed by atoms with van der Waals surface area (Å²) in [5.74, 6) is 1.21. The number of carbonyl (C=O) groups excluding carboxylic acids is 2. The van der Waals surface area contributed by atoms with Gasteiger partial charge in [-0.05, 0) is 85.2 Å². The minimum Gasteiger partial charge on any atom is -0.508 e. The Morgan fingerprint density at radius 3 is 2.47 bits per heavy atom. The highest BCUT2D eigenvalue weighted by atomic mass is 35.5. The number of aromatic nitrogens is 1. The molecule has 5 rings (SSSR count). The lowest BCUT2D eigenvalue weighted by atomic mass is 9.72. The lowest BCUT2D eigenvalue weighted by Crippen LogP contribution is -2.51. The van der Waals surface area contributed by atoms with E-state index in [4.69, 9.17) is 16.3 Å². The molecule has 1 N–H and O–H groups in total. The summed E-state index contributed by atoms with van der Waals surface area (Å²) >= 11 is 5.86. The minimum atomic E-state index is -0.0120. The third-order valence-corrected chi connectivity index (χ3v) is 7.62. The van der Waals surface area contributed by atoms with Crippen LogP contribution in [0, 0.1) is 5.41 Å². The van der Waals surface area contributed by atoms with E-state index in [0.29, 0.717) is 41.8 Å². The molecule has 0 atom stereocenters. The molecule has 3 heterocycles. The van der Waals surface area contributed by atoms with Gasteiger partial charge in [0, 0.05) is 50.1 Å². The van der Waals surface area contributed by atoms with Crippen molar-refractivity contribution in [2.24, 2.45) is 5.41 Å². The Hall–Kier alpha value is -3.84. The van der Waals surface area contributed by atoms with E-state index in [1.165, 1.54) is 6.20 Å². The van der Waals surface area contributed by atoms with Crippen molar-refractivity contribution in [2.75, 3.05) is 26.2 Å². The molecule has 2 aromatic carbocycles. The van der Waals surface area contributed by atoms with Gasteiger partial charge >= 0.3 is 0 Å². The number of halogens is 1. The number of piperidine rings is 2. The molecule has 3 aromatic rings. The third-order valence-electron chi connectivity index (χ3n) is 7.40. The van der Waals surface area contributed by atoms with Gasteiger partial charge in [-0.1, -0.05) is 23.7 Å². The number of rotatable bonds is 5. The molecule has 196 valence electrons. The maximum atomic E-state index is 13.2. The Labute approximate surface area is 227 Å². The van der Waals surface area contributed by atoms with Gasteiger partial charge in [0.15, 0.2) is 0 Å². The van der Waals surface area contributed by atoms with Crippen molar-refractivity contribution in [2.45, 2.75) is 25.7 Å². The van der Waals surface area contributed by atoms with Crippen LogP contribution >= 0.6 is 11.6 Å². The van der Waals surface area contributed by atoms with Crippen molar-refractivity contribution in [1.82, 2.24) is 14.8 Å². The molecule has 2 aliphatic rings. The second-order valence-electron chi connectivity index (χ2n) is 10.0. The Morgan fingerprint density at radius 2 is 1.76 bits per heavy atom. The van der Waals surface area contributed by atoms with E-state index < -0.39 is 0 Å². The van der Waals surface area contributed by atoms with Crippen LogP contribution in [-0.4, -0.2) is 57.9 Å². The number of hydrogen-bond acceptors (Lipinski definition) is 5. The van der Waals surface area contributed by atoms with Crippen LogP contribution in [0.3, 0.4) is 0 Å². The summed E-state index contributed by atoms with van der Waals surface area (Å²) in [6.07, 6.45) is 8.64. The summed E-state index contributed by atoms with van der Waals surface area (Å²) in [4.78, 5) is 34.0. The van der Waals surface area contributed by atoms with Gasteiger partial charge in [0.25, 0.3) is 5.91 Å². The number of pyridine rings is 1. The summed E-state index contributed by atoms with van der Waals surface area (Å²) < 4.78 is 5.72. The molecule has 0 radical (unpaired) electrons. The highest BCUT2D eigenvalue weighted by Gasteiger charge is 2.40. The van der Waals surface area contributed by atoms with E-state index in [-0.39, 0.29) is 23.0 Å². The van der Waals surface area contributed by atoms with Gasteiger partial charge in [0.2, 0.25) is 11.8 Å². The fraction of sp³-hybridized carbons (Fsp3) is 0.300. The summed E-state index contributed by atoms with van der Waals surface area (Å²) in [5.41, 5.74) is 1.46. The van der Waals surface area contributed by atoms with Crippen molar-refractivity contribution >= 4 is 29.5 Å². The number of nitrogens with zero attached hydrogens (tertiary/aromatic N) is 3. The normalized spacial score (nSPS) is 17.1. The molecule has 2 saturated heterocycles. The van der Waals surface area contributed by atoms with Gasteiger partial charge in [-0.25, -0.2) is 4.98 Å². The van der Waals surface area contributed by atoms with Gasteiger partial charge in [-0.2, -0.15) is 0 Å². The highest BCUT2D eigenvalue weighted by molar-refractivity contribution is 6.30. The van der Waals surface area contributed by atoms with Crippen molar-refractivity contribution in [3.8, 4) is 17.4 Å². The zero-order valence-corrected chi connectivity index (χ0v) is 21.8. The number of ether oxygens (including phenoxy) is 1. The average molecular weight is 532 g/mol. The third kappa shape index (κ3) is 6.17. The van der Waals surface area contributed by atoms with Crippen molar-refractivity contribution in [3.63, 3.8) is 0 Å². The molecule has 8 heteroatoms. The van der Waals surface area contributed by atoms with Gasteiger partial charge in [0.1, 0.15) is 11.5 Å². The molecule has 0 unspecified atom stereocenters. The predicted octanol–water partition coefficient (Wildman–Crippen LogP) is 5.79. The minimum absolute atomic E-state index is 0.00815. The lowest BCUT2D eigenvalue weighted by molar-refractivity contribution is -0.130. The Kier molecular flexibility index (Phi) is 7.65. The van der Waals surface area contributed by atoms with Crippen LogP contribution in [-0.2, 0) is 4.79 Å². The second kappa shape index (κ2) is 11.3. The molecule has 1 aromatic heterocycles. The Balaban J connectivity index is 1.15. The first kappa shape index (κ1) is 25.8. The average Bonchev–Trinajstić information content (AvgIpc) is 2.94. The first-order chi connectivity index (χ1) is 18.4. The molecular formula is C30H30ClN3O4. The number of likely N-dealkylation sites (tertiary alicyclic amines) is 2. The van der Waals surface area contributed by atoms with Crippen LogP contribution in [0.1, 0.15) is 41.6 Å². The largest absolute Gasteiger partial charge is 0.508 e. The standard InChI is InChI=1S/C30H30ClN3O4/c31-24-8-11-27(32-20-24)38-26-9-6-23(7-10-26)29(37)33-17-14-30(15-18-33)13-2-16-34(21-30)28(36)12-5-22-3-1-4-25(35)19-22/h1,3-12,19-20,35H,2,13-18,21H2/b12-5+. The van der Waals surface area contributed by atoms with E-state index in [1.54, 1.807) is 66.7 Å². The Bertz CT molecular complexity index is 1320. The summed E-state index contributed by atoms with van der Waals surface area (Å²) in [6, 6.07) is 17.3. The topological polar surface area (TPSA) is 83.0 Å². The monoisotopic (exact) mass is 531 g/mol. The van der Waals surface area contributed by atoms with Gasteiger partial charge in [-0.15, -0.1) is 0 Å². The van der Waals surface area contributed by atoms with Gasteiger partial charge in [0.05, 0.1) is 5.02 Å². The fourth-order valence-electron chi connectivity index (χ4n) is 5.28. The van der Waals surface area contributed by atoms with Crippen LogP contribution in [0.15, 0.2) is 72.9 Å². The lowest BCUT2D eigenvalue weighted by Gasteiger charge is -2.47. The van der Waals surface area contributed by atoms with E-state index in [1.807, 2.05) is 15.9 Å². The van der Waals surface area contributed by atoms with E-state index >= 15 is 0 Å². The number of phenols is 1. The van der Waals surface area contributed by atoms with Crippen LogP contribution in [0.5, 0.6) is 17.4 Å². The quantitative estimate of drug-likeness (QED) is 0.421. The maximum Gasteiger partial charge on any atom is 0.253 e. The second-order valence-corrected chi connectivity index (χ2v) is 10.5. The van der Waals surface area contributed by atoms with Crippen molar-refractivity contribution < 1.29 is 19.4 Å². The fourth-order valence-corrected chi connectivity index (χ4v) is 5.39. The summed E-state index contributed by atoms with van der Waals surface area (Å²) in [5, 5.41) is 10.2. The molecule has 38 heavy (non-hydrogen) atoms. The summed E-state index contributed by atoms with van der Waals surface area (Å²) in [7, 11) is 0. The molecule has 1 spiro atoms. The van der Waals surface area contributed by atoms with E-state index in [2.05, 4.69) is 4.98 Å². The molecule has 2 fully saturated rings. The number of amides is 2. The van der Waals surface area contributed by atoms with Crippen LogP contribution in [0.25, 0.3) is 6.08 Å². The van der Waals surface area contributed by atoms with Gasteiger partial charge in [-0.3, -0.25) is 9.59 Å². The first-order valence-electron chi connectivity index (χ1n) is 12.8. The predicted molar refractivity (Wildman–Crippen MR) is 146 cm³/mol. The number of aromatic hydroxyl groups is 1. The maximum absolute atomic E-state index is 13.2. The van der Waals surface area contributed by atoms with Crippen molar-refractivity contribution in [1.29, 1.82) is 0 Å². The molecule has 0 saturated carbocycles. The molecule has 0 aliphatic carbocycles. The van der Waals surface area contributed by atoms with E-state index in [9.17, 15) is 14.7 Å². The molecule has 7 nitrogen and oxygen atoms in total. The highest BCUT2D eigenvalue weighted by Crippen LogP contribution is 2.40. The molecule has 2 aliphatic heterocycles. The number of hydrogen-bond donors (Lipinski definition) is 1. The number of carbonyl (C=O) groups is 2. The zero-order valence-electron chi connectivity index (χ0n) is 21.1. The molecule has 2 amide bonds. The first-order valence-corrected chi connectivity index (χ1v) is 13.2. The van der Waals surface area contributed by atoms with Crippen LogP contribution in [0.2, 0.25) is 5.02 Å². The number of benzene rings is 2. The SMILES string of the molecule is O=C(/C=C/c1cccc(O)c1)N1CCCC2(CCN(C(=O)c3ccc(Oc4ccc(Cl)cn4)cc3)CC2)C1. The summed E-state index contributed by atoms with van der Waals surface area (Å²) in [6.45, 7) is 2.80. The van der Waals surface area contributed by atoms with Crippen LogP contribution in [0.4, 0.5) is 0 Å². The smallest absolute Gasteiger partial charge is 0.253 e. The number of phenolic OH excluding ortho intramolecular Hbond substituents is 1. The zero-order chi connectivity index (χ0) is 26.5. The van der Waals surface area contributed by atoms with E-state index in [0.717, 1.165) is 37.8 Å². The molecular weight excluding hydrogens is 502 g/mol. The molecule has 0 bridgehead atoms. The van der Waals surface area contributed by atoms with Crippen LogP contribution < -0.4 is 4.74 Å². The van der Waals surface area contributed by atoms with Crippen molar-refractivity contribution in [3.05, 3.63) is 89.1 Å². The Morgan fingerprint density at radius 1 is 0.974 bits per heavy atom.